The Morgan fingerprint density at radius 3 is 2.76 bits per heavy atom. The Hall–Kier alpha value is -0.740. The van der Waals surface area contributed by atoms with Gasteiger partial charge in [-0.05, 0) is 31.0 Å². The van der Waals surface area contributed by atoms with Crippen molar-refractivity contribution >= 4 is 10.8 Å². The van der Waals surface area contributed by atoms with Crippen molar-refractivity contribution in [3.8, 4) is 0 Å². The fourth-order valence-corrected chi connectivity index (χ4v) is 3.96. The Morgan fingerprint density at radius 1 is 1.24 bits per heavy atom. The molecule has 1 aliphatic rings. The third-order valence-electron chi connectivity index (χ3n) is 3.31. The highest BCUT2D eigenvalue weighted by molar-refractivity contribution is 7.85. The van der Waals surface area contributed by atoms with E-state index in [4.69, 9.17) is 5.73 Å². The first-order valence-electron chi connectivity index (χ1n) is 6.10. The van der Waals surface area contributed by atoms with E-state index in [1.54, 1.807) is 12.1 Å². The molecule has 1 aromatic carbocycles. The largest absolute Gasteiger partial charge is 0.327 e. The van der Waals surface area contributed by atoms with Gasteiger partial charge in [0.2, 0.25) is 0 Å². The third kappa shape index (κ3) is 3.13. The van der Waals surface area contributed by atoms with Gasteiger partial charge in [0, 0.05) is 10.9 Å². The first kappa shape index (κ1) is 12.7. The molecule has 3 unspecified atom stereocenters. The van der Waals surface area contributed by atoms with Crippen molar-refractivity contribution in [3.05, 3.63) is 30.1 Å². The maximum atomic E-state index is 13.1. The summed E-state index contributed by atoms with van der Waals surface area (Å²) in [4.78, 5) is 0.562. The zero-order valence-electron chi connectivity index (χ0n) is 9.77. The molecular weight excluding hydrogens is 237 g/mol. The van der Waals surface area contributed by atoms with Gasteiger partial charge in [-0.1, -0.05) is 25.3 Å². The van der Waals surface area contributed by atoms with Crippen LogP contribution in [-0.4, -0.2) is 15.5 Å². The Balaban J connectivity index is 2.18. The van der Waals surface area contributed by atoms with E-state index in [1.165, 1.54) is 12.1 Å². The quantitative estimate of drug-likeness (QED) is 0.825. The van der Waals surface area contributed by atoms with E-state index in [9.17, 15) is 8.60 Å². The Labute approximate surface area is 104 Å². The normalized spacial score (nSPS) is 27.4. The molecule has 0 spiro atoms. The summed E-state index contributed by atoms with van der Waals surface area (Å²) < 4.78 is 25.5. The minimum atomic E-state index is -1.19. The second-order valence-corrected chi connectivity index (χ2v) is 6.27. The van der Waals surface area contributed by atoms with Crippen molar-refractivity contribution in [1.29, 1.82) is 0 Å². The van der Waals surface area contributed by atoms with Gasteiger partial charge in [0.1, 0.15) is 5.82 Å². The first-order chi connectivity index (χ1) is 8.18. The minimum Gasteiger partial charge on any atom is -0.327 e. The molecule has 0 amide bonds. The van der Waals surface area contributed by atoms with Crippen LogP contribution in [0.2, 0.25) is 0 Å². The molecule has 17 heavy (non-hydrogen) atoms. The van der Waals surface area contributed by atoms with Gasteiger partial charge in [0.15, 0.2) is 0 Å². The van der Waals surface area contributed by atoms with Crippen molar-refractivity contribution in [3.63, 3.8) is 0 Å². The average molecular weight is 255 g/mol. The van der Waals surface area contributed by atoms with Gasteiger partial charge in [-0.3, -0.25) is 4.21 Å². The maximum Gasteiger partial charge on any atom is 0.124 e. The van der Waals surface area contributed by atoms with Crippen LogP contribution in [0, 0.1) is 5.82 Å². The van der Waals surface area contributed by atoms with Crippen molar-refractivity contribution in [2.75, 3.05) is 0 Å². The highest BCUT2D eigenvalue weighted by Crippen LogP contribution is 2.24. The summed E-state index contributed by atoms with van der Waals surface area (Å²) in [6, 6.07) is 6.02. The van der Waals surface area contributed by atoms with E-state index in [-0.39, 0.29) is 17.1 Å². The molecule has 0 aromatic heterocycles. The maximum absolute atomic E-state index is 13.1. The number of halogens is 1. The van der Waals surface area contributed by atoms with E-state index in [0.717, 1.165) is 32.1 Å². The predicted molar refractivity (Wildman–Crippen MR) is 67.7 cm³/mol. The highest BCUT2D eigenvalue weighted by Gasteiger charge is 2.26. The van der Waals surface area contributed by atoms with Crippen LogP contribution in [0.5, 0.6) is 0 Å². The first-order valence-corrected chi connectivity index (χ1v) is 7.31. The number of hydrogen-bond donors (Lipinski definition) is 1. The van der Waals surface area contributed by atoms with Crippen LogP contribution in [0.4, 0.5) is 4.39 Å². The molecule has 0 heterocycles. The molecule has 1 saturated carbocycles. The van der Waals surface area contributed by atoms with Crippen LogP contribution in [0.3, 0.4) is 0 Å². The lowest BCUT2D eigenvalue weighted by atomic mass is 10.1. The lowest BCUT2D eigenvalue weighted by Crippen LogP contribution is -2.36. The van der Waals surface area contributed by atoms with Crippen LogP contribution in [0.1, 0.15) is 32.1 Å². The molecule has 0 radical (unpaired) electrons. The van der Waals surface area contributed by atoms with Gasteiger partial charge in [-0.25, -0.2) is 4.39 Å². The molecule has 1 aliphatic carbocycles. The topological polar surface area (TPSA) is 43.1 Å². The standard InChI is InChI=1S/C13H18FNOS/c14-10-5-4-6-11(9-10)17(16)13-8-3-1-2-7-12(13)15/h4-6,9,12-13H,1-3,7-8,15H2. The van der Waals surface area contributed by atoms with E-state index >= 15 is 0 Å². The fourth-order valence-electron chi connectivity index (χ4n) is 2.34. The van der Waals surface area contributed by atoms with Crippen LogP contribution in [-0.2, 0) is 10.8 Å². The van der Waals surface area contributed by atoms with Crippen molar-refractivity contribution < 1.29 is 8.60 Å². The van der Waals surface area contributed by atoms with Gasteiger partial charge in [-0.15, -0.1) is 0 Å². The average Bonchev–Trinajstić information content (AvgIpc) is 2.53. The van der Waals surface area contributed by atoms with E-state index in [0.29, 0.717) is 4.90 Å². The van der Waals surface area contributed by atoms with Gasteiger partial charge in [0.25, 0.3) is 0 Å². The zero-order valence-corrected chi connectivity index (χ0v) is 10.6. The van der Waals surface area contributed by atoms with Crippen molar-refractivity contribution in [2.24, 2.45) is 5.73 Å². The Morgan fingerprint density at radius 2 is 2.00 bits per heavy atom. The van der Waals surface area contributed by atoms with Crippen LogP contribution in [0.15, 0.2) is 29.2 Å². The summed E-state index contributed by atoms with van der Waals surface area (Å²) >= 11 is 0. The molecule has 0 bridgehead atoms. The third-order valence-corrected chi connectivity index (χ3v) is 5.16. The minimum absolute atomic E-state index is 0.0263. The van der Waals surface area contributed by atoms with Gasteiger partial charge >= 0.3 is 0 Å². The Bertz CT molecular complexity index is 410. The summed E-state index contributed by atoms with van der Waals surface area (Å²) in [5, 5.41) is -0.0284. The molecular formula is C13H18FNOS. The number of nitrogens with two attached hydrogens (primary N) is 1. The molecule has 1 fully saturated rings. The Kier molecular flexibility index (Phi) is 4.29. The van der Waals surface area contributed by atoms with E-state index < -0.39 is 10.8 Å². The SMILES string of the molecule is NC1CCCCCC1S(=O)c1cccc(F)c1. The summed E-state index contributed by atoms with van der Waals surface area (Å²) in [6.45, 7) is 0. The second-order valence-electron chi connectivity index (χ2n) is 4.60. The highest BCUT2D eigenvalue weighted by atomic mass is 32.2. The van der Waals surface area contributed by atoms with Crippen LogP contribution in [0.25, 0.3) is 0 Å². The lowest BCUT2D eigenvalue weighted by Gasteiger charge is -2.20. The predicted octanol–water partition coefficient (Wildman–Crippen LogP) is 2.59. The summed E-state index contributed by atoms with van der Waals surface area (Å²) in [5.41, 5.74) is 6.07. The van der Waals surface area contributed by atoms with Crippen LogP contribution >= 0.6 is 0 Å². The molecule has 94 valence electrons. The van der Waals surface area contributed by atoms with Crippen molar-refractivity contribution in [2.45, 2.75) is 48.3 Å². The molecule has 3 atom stereocenters. The summed E-state index contributed by atoms with van der Waals surface area (Å²) in [5.74, 6) is -0.335. The smallest absolute Gasteiger partial charge is 0.124 e. The molecule has 0 saturated heterocycles. The van der Waals surface area contributed by atoms with Gasteiger partial charge in [-0.2, -0.15) is 0 Å². The van der Waals surface area contributed by atoms with Gasteiger partial charge in [0.05, 0.1) is 16.0 Å². The molecule has 1 aromatic rings. The fraction of sp³-hybridized carbons (Fsp3) is 0.538. The van der Waals surface area contributed by atoms with E-state index in [2.05, 4.69) is 0 Å². The van der Waals surface area contributed by atoms with Crippen molar-refractivity contribution in [1.82, 2.24) is 0 Å². The zero-order chi connectivity index (χ0) is 12.3. The van der Waals surface area contributed by atoms with Crippen LogP contribution < -0.4 is 5.73 Å². The molecule has 2 N–H and O–H groups in total. The lowest BCUT2D eigenvalue weighted by molar-refractivity contribution is 0.573. The van der Waals surface area contributed by atoms with Gasteiger partial charge < -0.3 is 5.73 Å². The monoisotopic (exact) mass is 255 g/mol. The van der Waals surface area contributed by atoms with E-state index in [1.807, 2.05) is 0 Å². The molecule has 2 rings (SSSR count). The molecule has 2 nitrogen and oxygen atoms in total. The number of benzene rings is 1. The molecule has 4 heteroatoms. The second kappa shape index (κ2) is 5.74. The summed E-state index contributed by atoms with van der Waals surface area (Å²) in [7, 11) is -1.19. The number of hydrogen-bond acceptors (Lipinski definition) is 2. The summed E-state index contributed by atoms with van der Waals surface area (Å²) in [6.07, 6.45) is 5.14. The molecule has 0 aliphatic heterocycles. The number of rotatable bonds is 2.